The van der Waals surface area contributed by atoms with Crippen LogP contribution in [-0.4, -0.2) is 40.1 Å². The van der Waals surface area contributed by atoms with Gasteiger partial charge < -0.3 is 10.2 Å². The van der Waals surface area contributed by atoms with Gasteiger partial charge in [0.05, 0.1) is 0 Å². The van der Waals surface area contributed by atoms with Gasteiger partial charge >= 0.3 is 0 Å². The first kappa shape index (κ1) is 12.5. The monoisotopic (exact) mass is 252 g/mol. The van der Waals surface area contributed by atoms with Crippen molar-refractivity contribution in [3.63, 3.8) is 0 Å². The molecule has 0 aliphatic carbocycles. The molecule has 1 aromatic heterocycles. The Kier molecular flexibility index (Phi) is 4.10. The van der Waals surface area contributed by atoms with Crippen molar-refractivity contribution >= 4 is 23.5 Å². The van der Waals surface area contributed by atoms with Crippen LogP contribution in [0, 0.1) is 0 Å². The fourth-order valence-electron chi connectivity index (χ4n) is 2.01. The second kappa shape index (κ2) is 5.58. The summed E-state index contributed by atoms with van der Waals surface area (Å²) < 4.78 is 0. The summed E-state index contributed by atoms with van der Waals surface area (Å²) in [6.45, 7) is 8.53. The molecule has 2 rings (SSSR count). The van der Waals surface area contributed by atoms with Gasteiger partial charge in [-0.1, -0.05) is 6.92 Å². The molecule has 0 saturated carbocycles. The van der Waals surface area contributed by atoms with Crippen molar-refractivity contribution in [1.82, 2.24) is 9.97 Å². The van der Waals surface area contributed by atoms with Crippen LogP contribution < -0.4 is 10.2 Å². The number of nitrogens with one attached hydrogen (secondary N) is 1. The minimum Gasteiger partial charge on any atom is -0.354 e. The largest absolute Gasteiger partial charge is 0.354 e. The van der Waals surface area contributed by atoms with Crippen molar-refractivity contribution in [2.24, 2.45) is 0 Å². The van der Waals surface area contributed by atoms with E-state index in [2.05, 4.69) is 41.0 Å². The molecular formula is C12H20N4S. The van der Waals surface area contributed by atoms with Crippen LogP contribution in [0.25, 0.3) is 0 Å². The van der Waals surface area contributed by atoms with Crippen LogP contribution in [0.4, 0.5) is 11.8 Å². The zero-order valence-corrected chi connectivity index (χ0v) is 11.5. The lowest BCUT2D eigenvalue weighted by Gasteiger charge is -2.38. The third-order valence-electron chi connectivity index (χ3n) is 3.15. The van der Waals surface area contributed by atoms with E-state index in [4.69, 9.17) is 0 Å². The van der Waals surface area contributed by atoms with Gasteiger partial charge in [-0.25, -0.2) is 4.98 Å². The first-order valence-electron chi connectivity index (χ1n) is 6.17. The molecule has 0 amide bonds. The molecule has 0 radical (unpaired) electrons. The lowest BCUT2D eigenvalue weighted by atomic mass is 10.2. The Labute approximate surface area is 107 Å². The normalized spacial score (nSPS) is 24.8. The first-order chi connectivity index (χ1) is 8.22. The number of anilines is 2. The maximum absolute atomic E-state index is 4.57. The molecule has 0 spiro atoms. The lowest BCUT2D eigenvalue weighted by molar-refractivity contribution is 0.620. The van der Waals surface area contributed by atoms with E-state index in [1.54, 1.807) is 0 Å². The van der Waals surface area contributed by atoms with E-state index >= 15 is 0 Å². The predicted molar refractivity (Wildman–Crippen MR) is 74.9 cm³/mol. The van der Waals surface area contributed by atoms with Crippen LogP contribution in [0.1, 0.15) is 20.8 Å². The van der Waals surface area contributed by atoms with Gasteiger partial charge in [0.2, 0.25) is 5.95 Å². The number of hydrogen-bond acceptors (Lipinski definition) is 5. The summed E-state index contributed by atoms with van der Waals surface area (Å²) in [5, 5.41) is 3.81. The number of thioether (sulfide) groups is 1. The molecule has 4 nitrogen and oxygen atoms in total. The second-order valence-corrected chi connectivity index (χ2v) is 5.76. The Morgan fingerprint density at radius 3 is 3.12 bits per heavy atom. The average molecular weight is 252 g/mol. The van der Waals surface area contributed by atoms with E-state index in [1.165, 1.54) is 5.75 Å². The molecule has 1 fully saturated rings. The molecule has 0 aromatic carbocycles. The van der Waals surface area contributed by atoms with Crippen LogP contribution in [-0.2, 0) is 0 Å². The molecule has 1 aromatic rings. The zero-order valence-electron chi connectivity index (χ0n) is 10.7. The third-order valence-corrected chi connectivity index (χ3v) is 4.49. The first-order valence-corrected chi connectivity index (χ1v) is 7.22. The van der Waals surface area contributed by atoms with Gasteiger partial charge in [0.1, 0.15) is 5.82 Å². The van der Waals surface area contributed by atoms with E-state index in [1.807, 2.05) is 24.0 Å². The summed E-state index contributed by atoms with van der Waals surface area (Å²) in [7, 11) is 0. The summed E-state index contributed by atoms with van der Waals surface area (Å²) in [4.78, 5) is 11.2. The summed E-state index contributed by atoms with van der Waals surface area (Å²) in [6, 6.07) is 2.53. The smallest absolute Gasteiger partial charge is 0.224 e. The molecule has 5 heteroatoms. The SMILES string of the molecule is CCNc1nccc(N2CCSC(C)C2C)n1. The van der Waals surface area contributed by atoms with Crippen molar-refractivity contribution < 1.29 is 0 Å². The van der Waals surface area contributed by atoms with Gasteiger partial charge in [-0.05, 0) is 19.9 Å². The molecule has 94 valence electrons. The molecule has 1 aliphatic rings. The highest BCUT2D eigenvalue weighted by Crippen LogP contribution is 2.27. The van der Waals surface area contributed by atoms with Gasteiger partial charge in [0.25, 0.3) is 0 Å². The minimum atomic E-state index is 0.526. The van der Waals surface area contributed by atoms with Crippen molar-refractivity contribution in [1.29, 1.82) is 0 Å². The number of aromatic nitrogens is 2. The predicted octanol–water partition coefficient (Wildman–Crippen LogP) is 2.24. The van der Waals surface area contributed by atoms with E-state index in [0.29, 0.717) is 11.3 Å². The summed E-state index contributed by atoms with van der Waals surface area (Å²) >= 11 is 2.04. The van der Waals surface area contributed by atoms with E-state index in [0.717, 1.165) is 24.9 Å². The summed E-state index contributed by atoms with van der Waals surface area (Å²) in [6.07, 6.45) is 1.83. The van der Waals surface area contributed by atoms with E-state index in [-0.39, 0.29) is 0 Å². The van der Waals surface area contributed by atoms with Gasteiger partial charge in [0.15, 0.2) is 0 Å². The maximum atomic E-state index is 4.57. The Morgan fingerprint density at radius 2 is 2.35 bits per heavy atom. The van der Waals surface area contributed by atoms with Crippen molar-refractivity contribution in [2.75, 3.05) is 29.1 Å². The highest BCUT2D eigenvalue weighted by Gasteiger charge is 2.26. The Balaban J connectivity index is 2.17. The maximum Gasteiger partial charge on any atom is 0.224 e. The molecule has 1 aliphatic heterocycles. The quantitative estimate of drug-likeness (QED) is 0.893. The van der Waals surface area contributed by atoms with Crippen LogP contribution in [0.15, 0.2) is 12.3 Å². The Bertz CT molecular complexity index is 371. The summed E-state index contributed by atoms with van der Waals surface area (Å²) in [5.74, 6) is 2.94. The van der Waals surface area contributed by atoms with E-state index in [9.17, 15) is 0 Å². The average Bonchev–Trinajstić information content (AvgIpc) is 2.33. The van der Waals surface area contributed by atoms with Gasteiger partial charge in [0, 0.05) is 36.3 Å². The molecule has 0 bridgehead atoms. The molecule has 2 unspecified atom stereocenters. The molecule has 1 saturated heterocycles. The van der Waals surface area contributed by atoms with Crippen LogP contribution >= 0.6 is 11.8 Å². The van der Waals surface area contributed by atoms with Crippen LogP contribution in [0.2, 0.25) is 0 Å². The number of hydrogen-bond donors (Lipinski definition) is 1. The standard InChI is InChI=1S/C12H20N4S/c1-4-13-12-14-6-5-11(15-12)16-7-8-17-10(3)9(16)2/h5-6,9-10H,4,7-8H2,1-3H3,(H,13,14,15). The highest BCUT2D eigenvalue weighted by atomic mass is 32.2. The summed E-state index contributed by atoms with van der Waals surface area (Å²) in [5.41, 5.74) is 0. The molecular weight excluding hydrogens is 232 g/mol. The topological polar surface area (TPSA) is 41.1 Å². The highest BCUT2D eigenvalue weighted by molar-refractivity contribution is 8.00. The minimum absolute atomic E-state index is 0.526. The molecule has 1 N–H and O–H groups in total. The zero-order chi connectivity index (χ0) is 12.3. The fraction of sp³-hybridized carbons (Fsp3) is 0.667. The second-order valence-electron chi connectivity index (χ2n) is 4.28. The van der Waals surface area contributed by atoms with Gasteiger partial charge in [-0.3, -0.25) is 0 Å². The van der Waals surface area contributed by atoms with Gasteiger partial charge in [-0.2, -0.15) is 16.7 Å². The molecule has 2 atom stereocenters. The van der Waals surface area contributed by atoms with Crippen molar-refractivity contribution in [3.05, 3.63) is 12.3 Å². The molecule has 17 heavy (non-hydrogen) atoms. The van der Waals surface area contributed by atoms with Gasteiger partial charge in [-0.15, -0.1) is 0 Å². The number of rotatable bonds is 3. The van der Waals surface area contributed by atoms with Crippen LogP contribution in [0.5, 0.6) is 0 Å². The third kappa shape index (κ3) is 2.83. The van der Waals surface area contributed by atoms with Crippen LogP contribution in [0.3, 0.4) is 0 Å². The Hall–Kier alpha value is -0.970. The van der Waals surface area contributed by atoms with Crippen molar-refractivity contribution in [3.8, 4) is 0 Å². The molecule has 2 heterocycles. The van der Waals surface area contributed by atoms with Crippen molar-refractivity contribution in [2.45, 2.75) is 32.1 Å². The Morgan fingerprint density at radius 1 is 1.53 bits per heavy atom. The number of nitrogens with zero attached hydrogens (tertiary/aromatic N) is 3. The van der Waals surface area contributed by atoms with E-state index < -0.39 is 0 Å². The lowest BCUT2D eigenvalue weighted by Crippen LogP contribution is -2.45. The fourth-order valence-corrected chi connectivity index (χ4v) is 3.11.